The summed E-state index contributed by atoms with van der Waals surface area (Å²) in [6.07, 6.45) is -0.0894. The SMILES string of the molecule is CCC(O)c1noc(-c2ccc(C(C)(C)C)cc2)n1. The van der Waals surface area contributed by atoms with Crippen molar-refractivity contribution in [1.29, 1.82) is 0 Å². The van der Waals surface area contributed by atoms with Gasteiger partial charge in [-0.25, -0.2) is 0 Å². The zero-order valence-electron chi connectivity index (χ0n) is 11.8. The number of aliphatic hydroxyl groups is 1. The molecule has 0 aliphatic heterocycles. The molecule has 0 aliphatic rings. The van der Waals surface area contributed by atoms with Crippen LogP contribution in [0.2, 0.25) is 0 Å². The first-order valence-electron chi connectivity index (χ1n) is 6.54. The van der Waals surface area contributed by atoms with E-state index < -0.39 is 6.10 Å². The summed E-state index contributed by atoms with van der Waals surface area (Å²) >= 11 is 0. The Bertz CT molecular complexity index is 538. The maximum Gasteiger partial charge on any atom is 0.258 e. The third-order valence-electron chi connectivity index (χ3n) is 3.12. The lowest BCUT2D eigenvalue weighted by atomic mass is 9.87. The topological polar surface area (TPSA) is 59.2 Å². The van der Waals surface area contributed by atoms with Crippen molar-refractivity contribution in [3.63, 3.8) is 0 Å². The molecule has 0 radical (unpaired) electrons. The Morgan fingerprint density at radius 1 is 1.21 bits per heavy atom. The van der Waals surface area contributed by atoms with Gasteiger partial charge in [-0.1, -0.05) is 45.0 Å². The Balaban J connectivity index is 2.25. The fourth-order valence-corrected chi connectivity index (χ4v) is 1.78. The molecule has 1 unspecified atom stereocenters. The van der Waals surface area contributed by atoms with Gasteiger partial charge in [-0.3, -0.25) is 0 Å². The fourth-order valence-electron chi connectivity index (χ4n) is 1.78. The number of hydrogen-bond donors (Lipinski definition) is 1. The van der Waals surface area contributed by atoms with Crippen LogP contribution in [0.1, 0.15) is 51.6 Å². The Morgan fingerprint density at radius 3 is 2.37 bits per heavy atom. The minimum absolute atomic E-state index is 0.122. The molecule has 1 atom stereocenters. The lowest BCUT2D eigenvalue weighted by Crippen LogP contribution is -2.10. The fraction of sp³-hybridized carbons (Fsp3) is 0.467. The Labute approximate surface area is 113 Å². The van der Waals surface area contributed by atoms with Crippen LogP contribution in [0.25, 0.3) is 11.5 Å². The van der Waals surface area contributed by atoms with Crippen molar-refractivity contribution in [2.75, 3.05) is 0 Å². The highest BCUT2D eigenvalue weighted by molar-refractivity contribution is 5.53. The molecule has 0 saturated heterocycles. The molecule has 2 rings (SSSR count). The van der Waals surface area contributed by atoms with Crippen LogP contribution in [0.3, 0.4) is 0 Å². The normalized spacial score (nSPS) is 13.5. The highest BCUT2D eigenvalue weighted by Crippen LogP contribution is 2.26. The van der Waals surface area contributed by atoms with Crippen molar-refractivity contribution in [2.45, 2.75) is 45.6 Å². The maximum absolute atomic E-state index is 9.66. The summed E-state index contributed by atoms with van der Waals surface area (Å²) in [6, 6.07) is 8.07. The Hall–Kier alpha value is -1.68. The van der Waals surface area contributed by atoms with Gasteiger partial charge in [0.2, 0.25) is 5.82 Å². The second-order valence-corrected chi connectivity index (χ2v) is 5.71. The molecular weight excluding hydrogens is 240 g/mol. The van der Waals surface area contributed by atoms with Gasteiger partial charge in [-0.2, -0.15) is 4.98 Å². The average molecular weight is 260 g/mol. The molecule has 4 nitrogen and oxygen atoms in total. The van der Waals surface area contributed by atoms with Crippen molar-refractivity contribution in [1.82, 2.24) is 10.1 Å². The van der Waals surface area contributed by atoms with Crippen LogP contribution < -0.4 is 0 Å². The molecule has 0 fully saturated rings. The maximum atomic E-state index is 9.66. The number of nitrogens with zero attached hydrogens (tertiary/aromatic N) is 2. The molecule has 102 valence electrons. The van der Waals surface area contributed by atoms with E-state index in [1.165, 1.54) is 5.56 Å². The Kier molecular flexibility index (Phi) is 3.71. The van der Waals surface area contributed by atoms with Crippen LogP contribution >= 0.6 is 0 Å². The second kappa shape index (κ2) is 5.13. The summed E-state index contributed by atoms with van der Waals surface area (Å²) in [5, 5.41) is 13.5. The number of hydrogen-bond acceptors (Lipinski definition) is 4. The first kappa shape index (κ1) is 13.7. The van der Waals surface area contributed by atoms with Crippen LogP contribution in [-0.4, -0.2) is 15.2 Å². The van der Waals surface area contributed by atoms with E-state index in [-0.39, 0.29) is 5.41 Å². The molecule has 2 aromatic rings. The van der Waals surface area contributed by atoms with E-state index in [0.717, 1.165) is 5.56 Å². The molecule has 0 saturated carbocycles. The number of rotatable bonds is 3. The van der Waals surface area contributed by atoms with Gasteiger partial charge in [0.15, 0.2) is 0 Å². The molecule has 1 aromatic heterocycles. The summed E-state index contributed by atoms with van der Waals surface area (Å²) in [6.45, 7) is 8.39. The van der Waals surface area contributed by atoms with E-state index >= 15 is 0 Å². The summed E-state index contributed by atoms with van der Waals surface area (Å²) in [5.41, 5.74) is 2.25. The van der Waals surface area contributed by atoms with Crippen molar-refractivity contribution >= 4 is 0 Å². The van der Waals surface area contributed by atoms with Gasteiger partial charge in [0.1, 0.15) is 6.10 Å². The van der Waals surface area contributed by atoms with E-state index in [1.54, 1.807) is 0 Å². The van der Waals surface area contributed by atoms with Crippen molar-refractivity contribution in [3.05, 3.63) is 35.7 Å². The minimum Gasteiger partial charge on any atom is -0.385 e. The summed E-state index contributed by atoms with van der Waals surface area (Å²) < 4.78 is 5.18. The highest BCUT2D eigenvalue weighted by atomic mass is 16.5. The minimum atomic E-state index is -0.661. The van der Waals surface area contributed by atoms with Crippen LogP contribution in [0.4, 0.5) is 0 Å². The average Bonchev–Trinajstić information content (AvgIpc) is 2.86. The second-order valence-electron chi connectivity index (χ2n) is 5.71. The summed E-state index contributed by atoms with van der Waals surface area (Å²) in [5.74, 6) is 0.792. The van der Waals surface area contributed by atoms with E-state index in [0.29, 0.717) is 18.1 Å². The monoisotopic (exact) mass is 260 g/mol. The number of aromatic nitrogens is 2. The van der Waals surface area contributed by atoms with Crippen LogP contribution in [0, 0.1) is 0 Å². The molecule has 0 bridgehead atoms. The van der Waals surface area contributed by atoms with Crippen molar-refractivity contribution in [2.24, 2.45) is 0 Å². The standard InChI is InChI=1S/C15H20N2O2/c1-5-12(18)13-16-14(19-17-13)10-6-8-11(9-7-10)15(2,3)4/h6-9,12,18H,5H2,1-4H3. The molecule has 19 heavy (non-hydrogen) atoms. The van der Waals surface area contributed by atoms with Gasteiger partial charge in [-0.05, 0) is 29.5 Å². The number of aliphatic hydroxyl groups excluding tert-OH is 1. The predicted molar refractivity (Wildman–Crippen MR) is 73.7 cm³/mol. The first-order valence-corrected chi connectivity index (χ1v) is 6.54. The van der Waals surface area contributed by atoms with Gasteiger partial charge >= 0.3 is 0 Å². The molecule has 1 heterocycles. The molecule has 0 spiro atoms. The summed E-state index contributed by atoms with van der Waals surface area (Å²) in [7, 11) is 0. The van der Waals surface area contributed by atoms with Gasteiger partial charge < -0.3 is 9.63 Å². The van der Waals surface area contributed by atoms with Gasteiger partial charge in [0, 0.05) is 5.56 Å². The van der Waals surface area contributed by atoms with E-state index in [2.05, 4.69) is 43.0 Å². The number of benzene rings is 1. The van der Waals surface area contributed by atoms with Crippen molar-refractivity contribution < 1.29 is 9.63 Å². The molecular formula is C15H20N2O2. The zero-order valence-corrected chi connectivity index (χ0v) is 11.8. The van der Waals surface area contributed by atoms with Gasteiger partial charge in [0.05, 0.1) is 0 Å². The lowest BCUT2D eigenvalue weighted by molar-refractivity contribution is 0.159. The smallest absolute Gasteiger partial charge is 0.258 e. The third kappa shape index (κ3) is 3.01. The Morgan fingerprint density at radius 2 is 1.84 bits per heavy atom. The first-order chi connectivity index (χ1) is 8.91. The van der Waals surface area contributed by atoms with Gasteiger partial charge in [0.25, 0.3) is 5.89 Å². The predicted octanol–water partition coefficient (Wildman–Crippen LogP) is 3.48. The molecule has 1 aromatic carbocycles. The van der Waals surface area contributed by atoms with Gasteiger partial charge in [-0.15, -0.1) is 0 Å². The van der Waals surface area contributed by atoms with E-state index in [9.17, 15) is 5.11 Å². The third-order valence-corrected chi connectivity index (χ3v) is 3.12. The quantitative estimate of drug-likeness (QED) is 0.917. The highest BCUT2D eigenvalue weighted by Gasteiger charge is 2.16. The van der Waals surface area contributed by atoms with E-state index in [1.807, 2.05) is 19.1 Å². The van der Waals surface area contributed by atoms with Crippen LogP contribution in [0.5, 0.6) is 0 Å². The molecule has 0 aliphatic carbocycles. The van der Waals surface area contributed by atoms with E-state index in [4.69, 9.17) is 4.52 Å². The van der Waals surface area contributed by atoms with Crippen LogP contribution in [-0.2, 0) is 5.41 Å². The molecule has 4 heteroatoms. The summed E-state index contributed by atoms with van der Waals surface area (Å²) in [4.78, 5) is 4.22. The lowest BCUT2D eigenvalue weighted by Gasteiger charge is -2.18. The van der Waals surface area contributed by atoms with Crippen molar-refractivity contribution in [3.8, 4) is 11.5 Å². The molecule has 1 N–H and O–H groups in total. The zero-order chi connectivity index (χ0) is 14.0. The largest absolute Gasteiger partial charge is 0.385 e. The van der Waals surface area contributed by atoms with Crippen LogP contribution in [0.15, 0.2) is 28.8 Å². The molecule has 0 amide bonds.